The topological polar surface area (TPSA) is 90.7 Å². The molecular weight excluding hydrogens is 260 g/mol. The van der Waals surface area contributed by atoms with Crippen LogP contribution in [-0.2, 0) is 9.53 Å². The lowest BCUT2D eigenvalue weighted by atomic mass is 10.1. The molecule has 1 aromatic rings. The minimum absolute atomic E-state index is 0.226. The molecule has 1 aromatic carbocycles. The first-order chi connectivity index (χ1) is 9.61. The molecule has 1 aliphatic rings. The molecule has 0 spiro atoms. The van der Waals surface area contributed by atoms with Gasteiger partial charge in [-0.25, -0.2) is 4.79 Å². The molecule has 1 saturated heterocycles. The van der Waals surface area contributed by atoms with Crippen molar-refractivity contribution in [2.24, 2.45) is 0 Å². The number of nitrogen functional groups attached to an aromatic ring is 1. The molecule has 1 unspecified atom stereocenters. The molecule has 0 radical (unpaired) electrons. The quantitative estimate of drug-likeness (QED) is 0.638. The summed E-state index contributed by atoms with van der Waals surface area (Å²) in [6, 6.07) is 4.71. The summed E-state index contributed by atoms with van der Waals surface area (Å²) in [6.45, 7) is 0.620. The standard InChI is InChI=1S/C14H18N2O4/c1-19-11-6-5-9(15)8-10(11)14(18)20-12-4-2-3-7-16-13(12)17/h5-6,8,12H,2-4,7,15H2,1H3,(H,16,17). The van der Waals surface area contributed by atoms with Crippen LogP contribution in [0.3, 0.4) is 0 Å². The van der Waals surface area contributed by atoms with Gasteiger partial charge in [-0.2, -0.15) is 0 Å². The third-order valence-electron chi connectivity index (χ3n) is 3.18. The Morgan fingerprint density at radius 1 is 1.40 bits per heavy atom. The molecule has 0 aliphatic carbocycles. The van der Waals surface area contributed by atoms with Gasteiger partial charge in [0.25, 0.3) is 5.91 Å². The predicted molar refractivity (Wildman–Crippen MR) is 73.5 cm³/mol. The van der Waals surface area contributed by atoms with Crippen LogP contribution in [-0.4, -0.2) is 31.6 Å². The largest absolute Gasteiger partial charge is 0.496 e. The van der Waals surface area contributed by atoms with Crippen molar-refractivity contribution in [3.05, 3.63) is 23.8 Å². The molecule has 0 saturated carbocycles. The molecule has 6 heteroatoms. The van der Waals surface area contributed by atoms with Gasteiger partial charge in [0.15, 0.2) is 6.10 Å². The Morgan fingerprint density at radius 3 is 2.95 bits per heavy atom. The van der Waals surface area contributed by atoms with Crippen LogP contribution in [0.15, 0.2) is 18.2 Å². The Bertz CT molecular complexity index is 516. The average molecular weight is 278 g/mol. The van der Waals surface area contributed by atoms with Crippen molar-refractivity contribution in [3.8, 4) is 5.75 Å². The van der Waals surface area contributed by atoms with E-state index in [1.807, 2.05) is 0 Å². The molecule has 20 heavy (non-hydrogen) atoms. The van der Waals surface area contributed by atoms with Gasteiger partial charge in [-0.05, 0) is 37.5 Å². The first kappa shape index (κ1) is 14.2. The van der Waals surface area contributed by atoms with Crippen LogP contribution in [0.2, 0.25) is 0 Å². The molecule has 108 valence electrons. The molecule has 1 aliphatic heterocycles. The fourth-order valence-electron chi connectivity index (χ4n) is 2.10. The third-order valence-corrected chi connectivity index (χ3v) is 3.18. The molecule has 1 heterocycles. The second-order valence-corrected chi connectivity index (χ2v) is 4.64. The van der Waals surface area contributed by atoms with Crippen molar-refractivity contribution in [1.29, 1.82) is 0 Å². The lowest BCUT2D eigenvalue weighted by Gasteiger charge is -2.15. The molecule has 1 atom stereocenters. The highest BCUT2D eigenvalue weighted by atomic mass is 16.5. The summed E-state index contributed by atoms with van der Waals surface area (Å²) in [5.41, 5.74) is 6.32. The normalized spacial score (nSPS) is 18.9. The zero-order chi connectivity index (χ0) is 14.5. The van der Waals surface area contributed by atoms with Crippen molar-refractivity contribution < 1.29 is 19.1 Å². The van der Waals surface area contributed by atoms with Crippen LogP contribution in [0.5, 0.6) is 5.75 Å². The highest BCUT2D eigenvalue weighted by Crippen LogP contribution is 2.23. The number of nitrogens with two attached hydrogens (primary N) is 1. The van der Waals surface area contributed by atoms with Crippen molar-refractivity contribution in [3.63, 3.8) is 0 Å². The maximum absolute atomic E-state index is 12.2. The fraction of sp³-hybridized carbons (Fsp3) is 0.429. The minimum atomic E-state index is -0.754. The summed E-state index contributed by atoms with van der Waals surface area (Å²) >= 11 is 0. The maximum atomic E-state index is 12.2. The number of ether oxygens (including phenoxy) is 2. The second kappa shape index (κ2) is 6.27. The van der Waals surface area contributed by atoms with E-state index >= 15 is 0 Å². The van der Waals surface area contributed by atoms with Crippen LogP contribution in [0.4, 0.5) is 5.69 Å². The first-order valence-corrected chi connectivity index (χ1v) is 6.54. The molecule has 0 aromatic heterocycles. The Balaban J connectivity index is 2.15. The van der Waals surface area contributed by atoms with E-state index in [2.05, 4.69) is 5.32 Å². The predicted octanol–water partition coefficient (Wildman–Crippen LogP) is 1.10. The van der Waals surface area contributed by atoms with Crippen molar-refractivity contribution in [1.82, 2.24) is 5.32 Å². The number of amides is 1. The van der Waals surface area contributed by atoms with E-state index in [9.17, 15) is 9.59 Å². The van der Waals surface area contributed by atoms with Crippen molar-refractivity contribution in [2.75, 3.05) is 19.4 Å². The SMILES string of the molecule is COc1ccc(N)cc1C(=O)OC1CCCCNC1=O. The van der Waals surface area contributed by atoms with Crippen LogP contribution >= 0.6 is 0 Å². The van der Waals surface area contributed by atoms with Crippen molar-refractivity contribution >= 4 is 17.6 Å². The van der Waals surface area contributed by atoms with Gasteiger partial charge in [0.1, 0.15) is 11.3 Å². The van der Waals surface area contributed by atoms with Crippen LogP contribution in [0, 0.1) is 0 Å². The summed E-state index contributed by atoms with van der Waals surface area (Å²) in [5.74, 6) is -0.479. The number of rotatable bonds is 3. The summed E-state index contributed by atoms with van der Waals surface area (Å²) < 4.78 is 10.4. The van der Waals surface area contributed by atoms with E-state index in [0.717, 1.165) is 12.8 Å². The van der Waals surface area contributed by atoms with Gasteiger partial charge < -0.3 is 20.5 Å². The van der Waals surface area contributed by atoms with Gasteiger partial charge >= 0.3 is 5.97 Å². The summed E-state index contributed by atoms with van der Waals surface area (Å²) in [7, 11) is 1.46. The maximum Gasteiger partial charge on any atom is 0.342 e. The van der Waals surface area contributed by atoms with E-state index in [4.69, 9.17) is 15.2 Å². The molecular formula is C14H18N2O4. The monoisotopic (exact) mass is 278 g/mol. The number of carbonyl (C=O) groups excluding carboxylic acids is 2. The number of esters is 1. The van der Waals surface area contributed by atoms with E-state index in [-0.39, 0.29) is 11.5 Å². The number of carbonyl (C=O) groups is 2. The smallest absolute Gasteiger partial charge is 0.342 e. The van der Waals surface area contributed by atoms with Gasteiger partial charge in [0.05, 0.1) is 7.11 Å². The van der Waals surface area contributed by atoms with E-state index in [1.165, 1.54) is 13.2 Å². The van der Waals surface area contributed by atoms with E-state index in [0.29, 0.717) is 24.4 Å². The molecule has 6 nitrogen and oxygen atoms in total. The Morgan fingerprint density at radius 2 is 2.20 bits per heavy atom. The van der Waals surface area contributed by atoms with Gasteiger partial charge in [-0.3, -0.25) is 4.79 Å². The number of methoxy groups -OCH3 is 1. The lowest BCUT2D eigenvalue weighted by molar-refractivity contribution is -0.129. The zero-order valence-electron chi connectivity index (χ0n) is 11.3. The lowest BCUT2D eigenvalue weighted by Crippen LogP contribution is -2.36. The van der Waals surface area contributed by atoms with E-state index < -0.39 is 12.1 Å². The average Bonchev–Trinajstić information content (AvgIpc) is 2.64. The number of hydrogen-bond donors (Lipinski definition) is 2. The number of nitrogens with one attached hydrogen (secondary N) is 1. The summed E-state index contributed by atoms with van der Waals surface area (Å²) in [5, 5.41) is 2.72. The van der Waals surface area contributed by atoms with Crippen molar-refractivity contribution in [2.45, 2.75) is 25.4 Å². The zero-order valence-corrected chi connectivity index (χ0v) is 11.3. The Hall–Kier alpha value is -2.24. The van der Waals surface area contributed by atoms with Gasteiger partial charge in [-0.15, -0.1) is 0 Å². The Kier molecular flexibility index (Phi) is 4.45. The molecule has 1 amide bonds. The van der Waals surface area contributed by atoms with Crippen LogP contribution in [0.25, 0.3) is 0 Å². The Labute approximate surface area is 117 Å². The van der Waals surface area contributed by atoms with Crippen LogP contribution in [0.1, 0.15) is 29.6 Å². The number of anilines is 1. The van der Waals surface area contributed by atoms with Gasteiger partial charge in [0.2, 0.25) is 0 Å². The minimum Gasteiger partial charge on any atom is -0.496 e. The summed E-state index contributed by atoms with van der Waals surface area (Å²) in [4.78, 5) is 23.9. The fourth-order valence-corrected chi connectivity index (χ4v) is 2.10. The molecule has 1 fully saturated rings. The first-order valence-electron chi connectivity index (χ1n) is 6.54. The molecule has 3 N–H and O–H groups in total. The van der Waals surface area contributed by atoms with Gasteiger partial charge in [0, 0.05) is 12.2 Å². The highest BCUT2D eigenvalue weighted by Gasteiger charge is 2.26. The number of hydrogen-bond acceptors (Lipinski definition) is 5. The second-order valence-electron chi connectivity index (χ2n) is 4.64. The highest BCUT2D eigenvalue weighted by molar-refractivity contribution is 5.95. The van der Waals surface area contributed by atoms with Crippen LogP contribution < -0.4 is 15.8 Å². The molecule has 0 bridgehead atoms. The third kappa shape index (κ3) is 3.20. The number of benzene rings is 1. The van der Waals surface area contributed by atoms with Gasteiger partial charge in [-0.1, -0.05) is 0 Å². The van der Waals surface area contributed by atoms with E-state index in [1.54, 1.807) is 12.1 Å². The summed E-state index contributed by atoms with van der Waals surface area (Å²) in [6.07, 6.45) is 1.50. The molecule has 2 rings (SSSR count).